The third kappa shape index (κ3) is 4.06. The minimum absolute atomic E-state index is 0.115. The Kier molecular flexibility index (Phi) is 5.42. The molecule has 1 amide bonds. The molecule has 1 N–H and O–H groups in total. The second kappa shape index (κ2) is 6.91. The molecule has 0 aliphatic carbocycles. The number of piperidine rings is 1. The summed E-state index contributed by atoms with van der Waals surface area (Å²) in [6.45, 7) is 2.63. The standard InChI is InChI=1S/C11H16ClN3O4S2/c1-2-19-11(16)14-8-4-3-5-15(7-8)21(17,18)9-6-13-10(12)20-9/h6,8H,2-5,7H2,1H3,(H,14,16). The second-order valence-corrected chi connectivity index (χ2v) is 8.28. The van der Waals surface area contributed by atoms with E-state index >= 15 is 0 Å². The van der Waals surface area contributed by atoms with Crippen LogP contribution in [0.4, 0.5) is 4.79 Å². The lowest BCUT2D eigenvalue weighted by Gasteiger charge is -2.31. The van der Waals surface area contributed by atoms with Crippen molar-refractivity contribution >= 4 is 39.1 Å². The molecule has 1 fully saturated rings. The smallest absolute Gasteiger partial charge is 0.407 e. The first-order chi connectivity index (χ1) is 9.93. The first-order valence-electron chi connectivity index (χ1n) is 6.48. The number of hydrogen-bond acceptors (Lipinski definition) is 6. The van der Waals surface area contributed by atoms with Crippen LogP contribution in [0.1, 0.15) is 19.8 Å². The quantitative estimate of drug-likeness (QED) is 0.889. The van der Waals surface area contributed by atoms with E-state index in [2.05, 4.69) is 10.3 Å². The third-order valence-corrected chi connectivity index (χ3v) is 6.45. The van der Waals surface area contributed by atoms with E-state index in [0.717, 1.165) is 11.3 Å². The number of alkyl carbamates (subject to hydrolysis) is 1. The van der Waals surface area contributed by atoms with Crippen molar-refractivity contribution in [2.75, 3.05) is 19.7 Å². The lowest BCUT2D eigenvalue weighted by molar-refractivity contribution is 0.142. The summed E-state index contributed by atoms with van der Waals surface area (Å²) in [5, 5.41) is 2.67. The van der Waals surface area contributed by atoms with Gasteiger partial charge in [0.2, 0.25) is 0 Å². The van der Waals surface area contributed by atoms with Crippen molar-refractivity contribution in [3.63, 3.8) is 0 Å². The van der Waals surface area contributed by atoms with Gasteiger partial charge < -0.3 is 10.1 Å². The second-order valence-electron chi connectivity index (χ2n) is 4.50. The number of hydrogen-bond donors (Lipinski definition) is 1. The van der Waals surface area contributed by atoms with Crippen LogP contribution in [0.3, 0.4) is 0 Å². The van der Waals surface area contributed by atoms with Gasteiger partial charge in [0, 0.05) is 19.1 Å². The molecule has 1 aliphatic heterocycles. The maximum Gasteiger partial charge on any atom is 0.407 e. The highest BCUT2D eigenvalue weighted by atomic mass is 35.5. The van der Waals surface area contributed by atoms with Gasteiger partial charge in [0.25, 0.3) is 10.0 Å². The Morgan fingerprint density at radius 1 is 1.67 bits per heavy atom. The van der Waals surface area contributed by atoms with Gasteiger partial charge in [-0.2, -0.15) is 4.31 Å². The largest absolute Gasteiger partial charge is 0.450 e. The van der Waals surface area contributed by atoms with Gasteiger partial charge in [-0.05, 0) is 19.8 Å². The molecule has 1 aromatic heterocycles. The van der Waals surface area contributed by atoms with Crippen LogP contribution < -0.4 is 5.32 Å². The average Bonchev–Trinajstić information content (AvgIpc) is 2.87. The maximum atomic E-state index is 12.5. The molecule has 2 heterocycles. The van der Waals surface area contributed by atoms with Gasteiger partial charge in [0.15, 0.2) is 8.68 Å². The van der Waals surface area contributed by atoms with Gasteiger partial charge >= 0.3 is 6.09 Å². The monoisotopic (exact) mass is 353 g/mol. The van der Waals surface area contributed by atoms with Crippen LogP contribution in [-0.2, 0) is 14.8 Å². The molecular weight excluding hydrogens is 338 g/mol. The van der Waals surface area contributed by atoms with Gasteiger partial charge in [-0.1, -0.05) is 22.9 Å². The van der Waals surface area contributed by atoms with E-state index in [9.17, 15) is 13.2 Å². The molecule has 1 aliphatic rings. The SMILES string of the molecule is CCOC(=O)NC1CCCN(S(=O)(=O)c2cnc(Cl)s2)C1. The summed E-state index contributed by atoms with van der Waals surface area (Å²) < 4.78 is 31.4. The molecule has 0 spiro atoms. The number of halogens is 1. The number of thiazole rings is 1. The summed E-state index contributed by atoms with van der Waals surface area (Å²) in [5.41, 5.74) is 0. The highest BCUT2D eigenvalue weighted by Crippen LogP contribution is 2.27. The predicted octanol–water partition coefficient (Wildman–Crippen LogP) is 1.70. The van der Waals surface area contributed by atoms with Gasteiger partial charge in [-0.25, -0.2) is 18.2 Å². The van der Waals surface area contributed by atoms with Crippen LogP contribution in [0.2, 0.25) is 4.47 Å². The van der Waals surface area contributed by atoms with Crippen LogP contribution >= 0.6 is 22.9 Å². The molecule has 1 saturated heterocycles. The normalized spacial score (nSPS) is 20.2. The van der Waals surface area contributed by atoms with Crippen molar-refractivity contribution in [3.8, 4) is 0 Å². The highest BCUT2D eigenvalue weighted by Gasteiger charge is 2.32. The number of ether oxygens (including phenoxy) is 1. The van der Waals surface area contributed by atoms with Crippen molar-refractivity contribution in [1.82, 2.24) is 14.6 Å². The first kappa shape index (κ1) is 16.5. The van der Waals surface area contributed by atoms with Gasteiger partial charge in [0.05, 0.1) is 12.8 Å². The van der Waals surface area contributed by atoms with Gasteiger partial charge in [-0.15, -0.1) is 0 Å². The number of rotatable bonds is 4. The molecule has 21 heavy (non-hydrogen) atoms. The van der Waals surface area contributed by atoms with Crippen molar-refractivity contribution in [3.05, 3.63) is 10.7 Å². The average molecular weight is 354 g/mol. The molecule has 0 saturated carbocycles. The Bertz CT molecular complexity index is 604. The van der Waals surface area contributed by atoms with E-state index in [-0.39, 0.29) is 27.9 Å². The summed E-state index contributed by atoms with van der Waals surface area (Å²) >= 11 is 6.61. The Labute approximate surface area is 132 Å². The third-order valence-electron chi connectivity index (χ3n) is 3.03. The number of carbonyl (C=O) groups is 1. The molecule has 10 heteroatoms. The number of aromatic nitrogens is 1. The molecule has 0 radical (unpaired) electrons. The van der Waals surface area contributed by atoms with E-state index in [0.29, 0.717) is 19.4 Å². The van der Waals surface area contributed by atoms with Crippen molar-refractivity contribution in [2.24, 2.45) is 0 Å². The zero-order chi connectivity index (χ0) is 15.5. The van der Waals surface area contributed by atoms with E-state index in [1.807, 2.05) is 0 Å². The number of carbonyl (C=O) groups excluding carboxylic acids is 1. The van der Waals surface area contributed by atoms with E-state index in [1.54, 1.807) is 6.92 Å². The Morgan fingerprint density at radius 3 is 3.05 bits per heavy atom. The number of sulfonamides is 1. The van der Waals surface area contributed by atoms with E-state index < -0.39 is 16.1 Å². The minimum atomic E-state index is -3.61. The predicted molar refractivity (Wildman–Crippen MR) is 79.1 cm³/mol. The fourth-order valence-electron chi connectivity index (χ4n) is 2.10. The number of nitrogens with zero attached hydrogens (tertiary/aromatic N) is 2. The molecule has 1 aromatic rings. The molecule has 7 nitrogen and oxygen atoms in total. The lowest BCUT2D eigenvalue weighted by Crippen LogP contribution is -2.49. The molecular formula is C11H16ClN3O4S2. The Hall–Kier alpha value is -0.900. The Morgan fingerprint density at radius 2 is 2.43 bits per heavy atom. The van der Waals surface area contributed by atoms with Gasteiger partial charge in [-0.3, -0.25) is 0 Å². The number of amides is 1. The topological polar surface area (TPSA) is 88.6 Å². The van der Waals surface area contributed by atoms with Crippen LogP contribution in [-0.4, -0.2) is 49.5 Å². The molecule has 0 aromatic carbocycles. The Balaban J connectivity index is 2.05. The molecule has 1 unspecified atom stereocenters. The highest BCUT2D eigenvalue weighted by molar-refractivity contribution is 7.91. The van der Waals surface area contributed by atoms with E-state index in [4.69, 9.17) is 16.3 Å². The summed E-state index contributed by atoms with van der Waals surface area (Å²) in [5.74, 6) is 0. The van der Waals surface area contributed by atoms with Crippen molar-refractivity contribution < 1.29 is 17.9 Å². The van der Waals surface area contributed by atoms with Crippen molar-refractivity contribution in [2.45, 2.75) is 30.0 Å². The lowest BCUT2D eigenvalue weighted by atomic mass is 10.1. The minimum Gasteiger partial charge on any atom is -0.450 e. The van der Waals surface area contributed by atoms with Gasteiger partial charge in [0.1, 0.15) is 0 Å². The van der Waals surface area contributed by atoms with E-state index in [1.165, 1.54) is 10.5 Å². The fraction of sp³-hybridized carbons (Fsp3) is 0.636. The summed E-state index contributed by atoms with van der Waals surface area (Å²) in [7, 11) is -3.61. The zero-order valence-corrected chi connectivity index (χ0v) is 13.8. The summed E-state index contributed by atoms with van der Waals surface area (Å²) in [6, 6.07) is -0.254. The molecule has 2 rings (SSSR count). The maximum absolute atomic E-state index is 12.5. The van der Waals surface area contributed by atoms with Crippen LogP contribution in [0.15, 0.2) is 10.4 Å². The van der Waals surface area contributed by atoms with Crippen LogP contribution in [0, 0.1) is 0 Å². The number of nitrogens with one attached hydrogen (secondary N) is 1. The van der Waals surface area contributed by atoms with Crippen LogP contribution in [0.5, 0.6) is 0 Å². The summed E-state index contributed by atoms with van der Waals surface area (Å²) in [6.07, 6.45) is 2.12. The zero-order valence-electron chi connectivity index (χ0n) is 11.4. The summed E-state index contributed by atoms with van der Waals surface area (Å²) in [4.78, 5) is 15.2. The molecule has 1 atom stereocenters. The first-order valence-corrected chi connectivity index (χ1v) is 9.11. The van der Waals surface area contributed by atoms with Crippen LogP contribution in [0.25, 0.3) is 0 Å². The fourth-order valence-corrected chi connectivity index (χ4v) is 5.08. The van der Waals surface area contributed by atoms with Crippen molar-refractivity contribution in [1.29, 1.82) is 0 Å². The molecule has 118 valence electrons. The molecule has 0 bridgehead atoms.